The third kappa shape index (κ3) is 3.23. The largest absolute Gasteiger partial charge is 0.325 e. The van der Waals surface area contributed by atoms with Crippen molar-refractivity contribution in [2.75, 3.05) is 5.32 Å². The van der Waals surface area contributed by atoms with Crippen molar-refractivity contribution in [3.8, 4) is 0 Å². The van der Waals surface area contributed by atoms with E-state index in [9.17, 15) is 9.59 Å². The van der Waals surface area contributed by atoms with Gasteiger partial charge in [-0.2, -0.15) is 0 Å². The van der Waals surface area contributed by atoms with E-state index < -0.39 is 0 Å². The second kappa shape index (κ2) is 5.98. The monoisotopic (exact) mass is 334 g/mol. The van der Waals surface area contributed by atoms with Crippen LogP contribution in [0.2, 0.25) is 0 Å². The molecule has 0 unspecified atom stereocenters. The molecule has 0 fully saturated rings. The van der Waals surface area contributed by atoms with Crippen molar-refractivity contribution in [2.45, 2.75) is 23.4 Å². The van der Waals surface area contributed by atoms with E-state index in [1.165, 1.54) is 23.1 Å². The molecular weight excluding hydrogens is 320 g/mol. The zero-order valence-electron chi connectivity index (χ0n) is 12.0. The van der Waals surface area contributed by atoms with E-state index >= 15 is 0 Å². The van der Waals surface area contributed by atoms with Crippen LogP contribution in [-0.2, 0) is 4.79 Å². The number of benzene rings is 1. The van der Waals surface area contributed by atoms with Crippen LogP contribution in [0.15, 0.2) is 32.7 Å². The smallest absolute Gasteiger partial charge is 0.323 e. The van der Waals surface area contributed by atoms with Gasteiger partial charge in [0.1, 0.15) is 0 Å². The standard InChI is InChI=1S/C14H14N4O2S2/c1-7-6-21-14(15-7)22-8(2)12(19)16-9-3-4-10-11(5-9)18-13(20)17-10/h3-6,8H,1-2H3,(H,16,19)(H2,17,18,20)/t8-/m1/s1. The Hall–Kier alpha value is -2.06. The molecule has 0 aliphatic rings. The first kappa shape index (κ1) is 14.9. The van der Waals surface area contributed by atoms with E-state index in [-0.39, 0.29) is 16.8 Å². The predicted octanol–water partition coefficient (Wildman–Crippen LogP) is 2.74. The lowest BCUT2D eigenvalue weighted by atomic mass is 10.2. The molecule has 0 aliphatic carbocycles. The van der Waals surface area contributed by atoms with Gasteiger partial charge in [-0.1, -0.05) is 11.8 Å². The quantitative estimate of drug-likeness (QED) is 0.640. The van der Waals surface area contributed by atoms with E-state index in [4.69, 9.17) is 0 Å². The number of amides is 1. The molecule has 0 bridgehead atoms. The number of H-pyrrole nitrogens is 2. The summed E-state index contributed by atoms with van der Waals surface area (Å²) in [4.78, 5) is 33.1. The van der Waals surface area contributed by atoms with Gasteiger partial charge in [0.05, 0.1) is 16.3 Å². The fourth-order valence-corrected chi connectivity index (χ4v) is 3.93. The van der Waals surface area contributed by atoms with Gasteiger partial charge in [0.25, 0.3) is 0 Å². The highest BCUT2D eigenvalue weighted by Gasteiger charge is 2.16. The Bertz CT molecular complexity index is 880. The Kier molecular flexibility index (Phi) is 4.04. The molecule has 0 aliphatic heterocycles. The van der Waals surface area contributed by atoms with Gasteiger partial charge in [-0.05, 0) is 32.0 Å². The molecule has 0 saturated carbocycles. The number of nitrogens with one attached hydrogen (secondary N) is 3. The van der Waals surface area contributed by atoms with Gasteiger partial charge in [0.15, 0.2) is 4.34 Å². The van der Waals surface area contributed by atoms with Gasteiger partial charge >= 0.3 is 5.69 Å². The molecule has 0 saturated heterocycles. The number of nitrogens with zero attached hydrogens (tertiary/aromatic N) is 1. The maximum atomic E-state index is 12.2. The molecule has 114 valence electrons. The lowest BCUT2D eigenvalue weighted by Crippen LogP contribution is -2.22. The summed E-state index contributed by atoms with van der Waals surface area (Å²) in [5.74, 6) is -0.102. The molecule has 0 spiro atoms. The number of thioether (sulfide) groups is 1. The number of aryl methyl sites for hydroxylation is 1. The van der Waals surface area contributed by atoms with Gasteiger partial charge in [-0.3, -0.25) is 4.79 Å². The van der Waals surface area contributed by atoms with Gasteiger partial charge in [-0.25, -0.2) is 9.78 Å². The molecule has 0 radical (unpaired) electrons. The zero-order valence-corrected chi connectivity index (χ0v) is 13.6. The lowest BCUT2D eigenvalue weighted by Gasteiger charge is -2.10. The molecule has 8 heteroatoms. The zero-order chi connectivity index (χ0) is 15.7. The van der Waals surface area contributed by atoms with Crippen molar-refractivity contribution in [1.82, 2.24) is 15.0 Å². The second-order valence-electron chi connectivity index (χ2n) is 4.84. The number of fused-ring (bicyclic) bond motifs is 1. The summed E-state index contributed by atoms with van der Waals surface area (Å²) < 4.78 is 0.880. The SMILES string of the molecule is Cc1csc(S[C@H](C)C(=O)Nc2ccc3[nH]c(=O)[nH]c3c2)n1. The fraction of sp³-hybridized carbons (Fsp3) is 0.214. The number of carbonyl (C=O) groups excluding carboxylic acids is 1. The molecule has 1 aromatic carbocycles. The highest BCUT2D eigenvalue weighted by molar-refractivity contribution is 8.02. The second-order valence-corrected chi connectivity index (χ2v) is 7.29. The minimum Gasteiger partial charge on any atom is -0.325 e. The summed E-state index contributed by atoms with van der Waals surface area (Å²) in [6, 6.07) is 5.25. The molecule has 1 atom stereocenters. The van der Waals surface area contributed by atoms with Crippen molar-refractivity contribution in [3.05, 3.63) is 39.8 Å². The van der Waals surface area contributed by atoms with E-state index in [1.807, 2.05) is 19.2 Å². The van der Waals surface area contributed by atoms with Crippen LogP contribution in [0.25, 0.3) is 11.0 Å². The third-order valence-electron chi connectivity index (χ3n) is 3.03. The Balaban J connectivity index is 1.70. The van der Waals surface area contributed by atoms with E-state index in [0.717, 1.165) is 10.0 Å². The number of anilines is 1. The molecule has 3 rings (SSSR count). The number of carbonyl (C=O) groups is 1. The topological polar surface area (TPSA) is 90.6 Å². The molecule has 3 N–H and O–H groups in total. The summed E-state index contributed by atoms with van der Waals surface area (Å²) in [5, 5.41) is 4.55. The number of rotatable bonds is 4. The Labute approximate surface area is 134 Å². The molecule has 1 amide bonds. The highest BCUT2D eigenvalue weighted by atomic mass is 32.2. The van der Waals surface area contributed by atoms with E-state index in [0.29, 0.717) is 16.7 Å². The summed E-state index contributed by atoms with van der Waals surface area (Å²) in [5.41, 5.74) is 2.72. The number of thiazole rings is 1. The third-order valence-corrected chi connectivity index (χ3v) is 5.22. The van der Waals surface area contributed by atoms with Gasteiger partial charge in [0, 0.05) is 16.8 Å². The van der Waals surface area contributed by atoms with Crippen LogP contribution in [-0.4, -0.2) is 26.1 Å². The van der Waals surface area contributed by atoms with Crippen LogP contribution in [0.5, 0.6) is 0 Å². The average molecular weight is 334 g/mol. The summed E-state index contributed by atoms with van der Waals surface area (Å²) in [7, 11) is 0. The van der Waals surface area contributed by atoms with Crippen molar-refractivity contribution >= 4 is 45.7 Å². The number of aromatic nitrogens is 3. The first-order chi connectivity index (χ1) is 10.5. The molecule has 2 aromatic heterocycles. The van der Waals surface area contributed by atoms with Crippen LogP contribution in [0.4, 0.5) is 5.69 Å². The Morgan fingerprint density at radius 3 is 2.86 bits per heavy atom. The minimum atomic E-state index is -0.262. The number of aromatic amines is 2. The van der Waals surface area contributed by atoms with Crippen LogP contribution in [0.3, 0.4) is 0 Å². The van der Waals surface area contributed by atoms with Crippen molar-refractivity contribution in [3.63, 3.8) is 0 Å². The Morgan fingerprint density at radius 2 is 2.14 bits per heavy atom. The van der Waals surface area contributed by atoms with Crippen LogP contribution < -0.4 is 11.0 Å². The van der Waals surface area contributed by atoms with Crippen LogP contribution in [0, 0.1) is 6.92 Å². The summed E-state index contributed by atoms with van der Waals surface area (Å²) >= 11 is 2.97. The van der Waals surface area contributed by atoms with Crippen molar-refractivity contribution in [2.24, 2.45) is 0 Å². The molecule has 22 heavy (non-hydrogen) atoms. The van der Waals surface area contributed by atoms with Gasteiger partial charge in [0.2, 0.25) is 5.91 Å². The van der Waals surface area contributed by atoms with Crippen LogP contribution >= 0.6 is 23.1 Å². The molecule has 3 aromatic rings. The van der Waals surface area contributed by atoms with Crippen molar-refractivity contribution in [1.29, 1.82) is 0 Å². The number of hydrogen-bond donors (Lipinski definition) is 3. The van der Waals surface area contributed by atoms with Gasteiger partial charge in [-0.15, -0.1) is 11.3 Å². The summed E-state index contributed by atoms with van der Waals surface area (Å²) in [6.45, 7) is 3.77. The fourth-order valence-electron chi connectivity index (χ4n) is 1.95. The minimum absolute atomic E-state index is 0.102. The number of hydrogen-bond acceptors (Lipinski definition) is 5. The van der Waals surface area contributed by atoms with Crippen LogP contribution in [0.1, 0.15) is 12.6 Å². The average Bonchev–Trinajstić information content (AvgIpc) is 3.03. The van der Waals surface area contributed by atoms with E-state index in [2.05, 4.69) is 20.3 Å². The molecule has 2 heterocycles. The van der Waals surface area contributed by atoms with E-state index in [1.54, 1.807) is 18.2 Å². The first-order valence-corrected chi connectivity index (χ1v) is 8.39. The van der Waals surface area contributed by atoms with Gasteiger partial charge < -0.3 is 15.3 Å². The Morgan fingerprint density at radius 1 is 1.36 bits per heavy atom. The number of imidazole rings is 1. The normalized spacial score (nSPS) is 12.5. The maximum absolute atomic E-state index is 12.2. The van der Waals surface area contributed by atoms with Crippen molar-refractivity contribution < 1.29 is 4.79 Å². The lowest BCUT2D eigenvalue weighted by molar-refractivity contribution is -0.115. The highest BCUT2D eigenvalue weighted by Crippen LogP contribution is 2.27. The maximum Gasteiger partial charge on any atom is 0.323 e. The first-order valence-electron chi connectivity index (χ1n) is 6.63. The molecule has 6 nitrogen and oxygen atoms in total. The predicted molar refractivity (Wildman–Crippen MR) is 89.7 cm³/mol. The molecular formula is C14H14N4O2S2. The summed E-state index contributed by atoms with van der Waals surface area (Å²) in [6.07, 6.45) is 0.